The van der Waals surface area contributed by atoms with E-state index in [1.165, 1.54) is 12.8 Å². The molecule has 0 bridgehead atoms. The minimum absolute atomic E-state index is 0.155. The number of aliphatic hydroxyl groups excluding tert-OH is 2. The van der Waals surface area contributed by atoms with Crippen molar-refractivity contribution in [1.82, 2.24) is 5.32 Å². The van der Waals surface area contributed by atoms with Crippen LogP contribution in [0.15, 0.2) is 0 Å². The van der Waals surface area contributed by atoms with Gasteiger partial charge in [-0.25, -0.2) is 0 Å². The Morgan fingerprint density at radius 3 is 2.50 bits per heavy atom. The quantitative estimate of drug-likeness (QED) is 0.604. The van der Waals surface area contributed by atoms with Gasteiger partial charge in [0, 0.05) is 17.8 Å². The van der Waals surface area contributed by atoms with Crippen molar-refractivity contribution >= 4 is 11.8 Å². The van der Waals surface area contributed by atoms with Gasteiger partial charge in [-0.15, -0.1) is 0 Å². The summed E-state index contributed by atoms with van der Waals surface area (Å²) in [6.45, 7) is 5.40. The van der Waals surface area contributed by atoms with Gasteiger partial charge in [-0.3, -0.25) is 0 Å². The van der Waals surface area contributed by atoms with Crippen molar-refractivity contribution in [2.24, 2.45) is 5.92 Å². The second-order valence-electron chi connectivity index (χ2n) is 6.02. The van der Waals surface area contributed by atoms with Gasteiger partial charge in [-0.05, 0) is 44.8 Å². The first-order chi connectivity index (χ1) is 9.56. The maximum Gasteiger partial charge on any atom is 0.0897 e. The zero-order chi connectivity index (χ0) is 15.0. The molecule has 1 aliphatic rings. The Hall–Kier alpha value is 0.190. The van der Waals surface area contributed by atoms with E-state index in [0.717, 1.165) is 18.8 Å². The van der Waals surface area contributed by atoms with Gasteiger partial charge in [0.1, 0.15) is 0 Å². The zero-order valence-corrected chi connectivity index (χ0v) is 13.9. The molecule has 0 spiro atoms. The van der Waals surface area contributed by atoms with E-state index in [2.05, 4.69) is 12.2 Å². The van der Waals surface area contributed by atoms with Crippen molar-refractivity contribution in [3.8, 4) is 0 Å². The van der Waals surface area contributed by atoms with Crippen molar-refractivity contribution in [3.63, 3.8) is 0 Å². The third-order valence-electron chi connectivity index (χ3n) is 4.20. The van der Waals surface area contributed by atoms with Crippen LogP contribution in [0.1, 0.15) is 39.5 Å². The average molecular weight is 305 g/mol. The first-order valence-corrected chi connectivity index (χ1v) is 9.02. The van der Waals surface area contributed by atoms with E-state index in [-0.39, 0.29) is 17.9 Å². The van der Waals surface area contributed by atoms with Gasteiger partial charge in [0.25, 0.3) is 0 Å². The summed E-state index contributed by atoms with van der Waals surface area (Å²) in [5.74, 6) is 0.823. The molecular weight excluding hydrogens is 274 g/mol. The standard InChI is InChI=1S/C15H31NO3S/c1-11-4-6-14(7-5-11)19-10-13(18)8-16-12(2)15(9-17)20-3/h11-18H,4-10H2,1-3H3. The molecule has 0 radical (unpaired) electrons. The van der Waals surface area contributed by atoms with E-state index in [4.69, 9.17) is 4.74 Å². The Morgan fingerprint density at radius 1 is 1.30 bits per heavy atom. The number of hydrogen-bond donors (Lipinski definition) is 3. The lowest BCUT2D eigenvalue weighted by Gasteiger charge is -2.28. The number of nitrogens with one attached hydrogen (secondary N) is 1. The lowest BCUT2D eigenvalue weighted by Crippen LogP contribution is -2.42. The van der Waals surface area contributed by atoms with Crippen LogP contribution in [0.4, 0.5) is 0 Å². The summed E-state index contributed by atoms with van der Waals surface area (Å²) in [6, 6.07) is 0.181. The highest BCUT2D eigenvalue weighted by molar-refractivity contribution is 7.99. The number of rotatable bonds is 9. The molecular formula is C15H31NO3S. The van der Waals surface area contributed by atoms with Crippen LogP contribution in [0.2, 0.25) is 0 Å². The maximum atomic E-state index is 9.95. The molecule has 3 atom stereocenters. The molecule has 1 saturated carbocycles. The van der Waals surface area contributed by atoms with Gasteiger partial charge in [0.15, 0.2) is 0 Å². The topological polar surface area (TPSA) is 61.7 Å². The van der Waals surface area contributed by atoms with Crippen LogP contribution in [-0.4, -0.2) is 59.7 Å². The van der Waals surface area contributed by atoms with E-state index in [1.807, 2.05) is 13.2 Å². The van der Waals surface area contributed by atoms with Gasteiger partial charge >= 0.3 is 0 Å². The molecule has 4 nitrogen and oxygen atoms in total. The minimum Gasteiger partial charge on any atom is -0.395 e. The lowest BCUT2D eigenvalue weighted by atomic mass is 9.89. The van der Waals surface area contributed by atoms with Crippen LogP contribution < -0.4 is 5.32 Å². The molecule has 120 valence electrons. The second kappa shape index (κ2) is 10.0. The largest absolute Gasteiger partial charge is 0.395 e. The van der Waals surface area contributed by atoms with Crippen molar-refractivity contribution in [1.29, 1.82) is 0 Å². The van der Waals surface area contributed by atoms with Crippen LogP contribution in [0.25, 0.3) is 0 Å². The van der Waals surface area contributed by atoms with Crippen molar-refractivity contribution in [2.75, 3.05) is 26.0 Å². The van der Waals surface area contributed by atoms with Crippen molar-refractivity contribution in [3.05, 3.63) is 0 Å². The highest BCUT2D eigenvalue weighted by atomic mass is 32.2. The highest BCUT2D eigenvalue weighted by Gasteiger charge is 2.20. The van der Waals surface area contributed by atoms with Crippen LogP contribution in [0.5, 0.6) is 0 Å². The number of hydrogen-bond acceptors (Lipinski definition) is 5. The van der Waals surface area contributed by atoms with Gasteiger partial charge in [-0.1, -0.05) is 6.92 Å². The molecule has 3 unspecified atom stereocenters. The molecule has 0 heterocycles. The van der Waals surface area contributed by atoms with E-state index < -0.39 is 6.10 Å². The average Bonchev–Trinajstić information content (AvgIpc) is 2.45. The van der Waals surface area contributed by atoms with Gasteiger partial charge in [0.2, 0.25) is 0 Å². The Kier molecular flexibility index (Phi) is 9.13. The normalized spacial score (nSPS) is 28.1. The molecule has 0 aromatic rings. The monoisotopic (exact) mass is 305 g/mol. The Balaban J connectivity index is 2.12. The summed E-state index contributed by atoms with van der Waals surface area (Å²) in [6.07, 6.45) is 6.56. The Labute approximate surface area is 127 Å². The molecule has 5 heteroatoms. The zero-order valence-electron chi connectivity index (χ0n) is 13.0. The summed E-state index contributed by atoms with van der Waals surface area (Å²) in [5, 5.41) is 22.6. The fourth-order valence-electron chi connectivity index (χ4n) is 2.59. The Bertz CT molecular complexity index is 243. The number of aliphatic hydroxyl groups is 2. The fraction of sp³-hybridized carbons (Fsp3) is 1.00. The van der Waals surface area contributed by atoms with Crippen LogP contribution in [0.3, 0.4) is 0 Å². The Morgan fingerprint density at radius 2 is 1.95 bits per heavy atom. The molecule has 0 aromatic carbocycles. The fourth-order valence-corrected chi connectivity index (χ4v) is 3.25. The number of ether oxygens (including phenoxy) is 1. The van der Waals surface area contributed by atoms with Gasteiger partial charge in [-0.2, -0.15) is 11.8 Å². The van der Waals surface area contributed by atoms with Crippen LogP contribution in [0, 0.1) is 5.92 Å². The van der Waals surface area contributed by atoms with Gasteiger partial charge in [0.05, 0.1) is 25.4 Å². The van der Waals surface area contributed by atoms with E-state index in [9.17, 15) is 10.2 Å². The smallest absolute Gasteiger partial charge is 0.0897 e. The SMILES string of the molecule is CSC(CO)C(C)NCC(O)COC1CCC(C)CC1. The van der Waals surface area contributed by atoms with E-state index >= 15 is 0 Å². The first kappa shape index (κ1) is 18.2. The van der Waals surface area contributed by atoms with Gasteiger partial charge < -0.3 is 20.3 Å². The summed E-state index contributed by atoms with van der Waals surface area (Å²) in [4.78, 5) is 0. The van der Waals surface area contributed by atoms with E-state index in [0.29, 0.717) is 19.3 Å². The van der Waals surface area contributed by atoms with Crippen LogP contribution in [-0.2, 0) is 4.74 Å². The number of thioether (sulfide) groups is 1. The maximum absolute atomic E-state index is 9.95. The summed E-state index contributed by atoms with van der Waals surface area (Å²) < 4.78 is 5.79. The lowest BCUT2D eigenvalue weighted by molar-refractivity contribution is -0.0283. The molecule has 0 aliphatic heterocycles. The molecule has 3 N–H and O–H groups in total. The molecule has 20 heavy (non-hydrogen) atoms. The predicted molar refractivity (Wildman–Crippen MR) is 85.2 cm³/mol. The molecule has 0 amide bonds. The summed E-state index contributed by atoms with van der Waals surface area (Å²) in [5.41, 5.74) is 0. The molecule has 0 aromatic heterocycles. The second-order valence-corrected chi connectivity index (χ2v) is 7.10. The molecule has 0 saturated heterocycles. The molecule has 1 fully saturated rings. The minimum atomic E-state index is -0.474. The van der Waals surface area contributed by atoms with Crippen LogP contribution >= 0.6 is 11.8 Å². The third-order valence-corrected chi connectivity index (χ3v) is 5.37. The third kappa shape index (κ3) is 6.76. The molecule has 1 rings (SSSR count). The van der Waals surface area contributed by atoms with E-state index in [1.54, 1.807) is 11.8 Å². The molecule has 1 aliphatic carbocycles. The summed E-state index contributed by atoms with van der Waals surface area (Å²) in [7, 11) is 0. The van der Waals surface area contributed by atoms with Crippen molar-refractivity contribution in [2.45, 2.75) is 63.0 Å². The summed E-state index contributed by atoms with van der Waals surface area (Å²) >= 11 is 1.64. The van der Waals surface area contributed by atoms with Crippen molar-refractivity contribution < 1.29 is 14.9 Å². The first-order valence-electron chi connectivity index (χ1n) is 7.73. The highest BCUT2D eigenvalue weighted by Crippen LogP contribution is 2.25. The predicted octanol–water partition coefficient (Wildman–Crippen LogP) is 1.64.